The zero-order valence-electron chi connectivity index (χ0n) is 14.7. The summed E-state index contributed by atoms with van der Waals surface area (Å²) >= 11 is 0. The Morgan fingerprint density at radius 2 is 1.80 bits per heavy atom. The molecule has 1 aliphatic rings. The molecule has 4 nitrogen and oxygen atoms in total. The summed E-state index contributed by atoms with van der Waals surface area (Å²) in [6.07, 6.45) is 2.27. The van der Waals surface area contributed by atoms with Crippen LogP contribution in [0.3, 0.4) is 0 Å². The van der Waals surface area contributed by atoms with Gasteiger partial charge in [0.1, 0.15) is 0 Å². The number of aliphatic hydroxyl groups is 1. The molecule has 132 valence electrons. The second-order valence-electron chi connectivity index (χ2n) is 6.60. The van der Waals surface area contributed by atoms with Crippen LogP contribution in [-0.2, 0) is 4.79 Å². The van der Waals surface area contributed by atoms with Crippen LogP contribution < -0.4 is 10.2 Å². The van der Waals surface area contributed by atoms with E-state index in [1.54, 1.807) is 0 Å². The maximum atomic E-state index is 11.9. The summed E-state index contributed by atoms with van der Waals surface area (Å²) in [5, 5.41) is 13.0. The van der Waals surface area contributed by atoms with E-state index in [1.807, 2.05) is 35.2 Å². The van der Waals surface area contributed by atoms with Crippen LogP contribution in [0.25, 0.3) is 0 Å². The molecule has 0 saturated carbocycles. The van der Waals surface area contributed by atoms with E-state index >= 15 is 0 Å². The zero-order chi connectivity index (χ0) is 17.6. The van der Waals surface area contributed by atoms with Gasteiger partial charge in [0.15, 0.2) is 0 Å². The predicted octanol–water partition coefficient (Wildman–Crippen LogP) is 3.59. The second-order valence-corrected chi connectivity index (χ2v) is 6.60. The number of carbonyl (C=O) groups excluding carboxylic acids is 1. The van der Waals surface area contributed by atoms with Crippen LogP contribution in [0.5, 0.6) is 0 Å². The van der Waals surface area contributed by atoms with Crippen LogP contribution >= 0.6 is 0 Å². The van der Waals surface area contributed by atoms with Gasteiger partial charge >= 0.3 is 0 Å². The van der Waals surface area contributed by atoms with Crippen LogP contribution in [0.1, 0.15) is 49.4 Å². The van der Waals surface area contributed by atoms with E-state index in [2.05, 4.69) is 36.5 Å². The largest absolute Gasteiger partial charge is 0.396 e. The van der Waals surface area contributed by atoms with E-state index in [-0.39, 0.29) is 24.6 Å². The average molecular weight is 338 g/mol. The van der Waals surface area contributed by atoms with E-state index in [0.717, 1.165) is 18.7 Å². The number of amides is 1. The first-order chi connectivity index (χ1) is 12.2. The number of anilines is 1. The van der Waals surface area contributed by atoms with Crippen LogP contribution in [-0.4, -0.2) is 24.2 Å². The average Bonchev–Trinajstić information content (AvgIpc) is 3.08. The lowest BCUT2D eigenvalue weighted by molar-refractivity contribution is -0.117. The molecule has 25 heavy (non-hydrogen) atoms. The highest BCUT2D eigenvalue weighted by molar-refractivity contribution is 5.95. The maximum Gasteiger partial charge on any atom is 0.227 e. The third kappa shape index (κ3) is 4.27. The molecule has 0 bridgehead atoms. The van der Waals surface area contributed by atoms with Gasteiger partial charge in [0.05, 0.1) is 0 Å². The molecule has 2 aromatic rings. The molecule has 1 amide bonds. The van der Waals surface area contributed by atoms with Crippen molar-refractivity contribution >= 4 is 11.6 Å². The van der Waals surface area contributed by atoms with Gasteiger partial charge in [-0.2, -0.15) is 0 Å². The zero-order valence-corrected chi connectivity index (χ0v) is 14.7. The Kier molecular flexibility index (Phi) is 5.84. The van der Waals surface area contributed by atoms with Crippen LogP contribution in [0, 0.1) is 0 Å². The third-order valence-corrected chi connectivity index (χ3v) is 4.85. The number of carbonyl (C=O) groups is 1. The van der Waals surface area contributed by atoms with Crippen molar-refractivity contribution in [3.05, 3.63) is 65.7 Å². The Morgan fingerprint density at radius 3 is 2.40 bits per heavy atom. The molecule has 0 radical (unpaired) electrons. The molecule has 2 atom stereocenters. The van der Waals surface area contributed by atoms with Crippen molar-refractivity contribution in [3.8, 4) is 0 Å². The molecule has 0 aromatic heterocycles. The van der Waals surface area contributed by atoms with Crippen molar-refractivity contribution in [2.45, 2.75) is 38.3 Å². The van der Waals surface area contributed by atoms with Gasteiger partial charge in [-0.25, -0.2) is 0 Å². The first-order valence-corrected chi connectivity index (χ1v) is 9.01. The van der Waals surface area contributed by atoms with Gasteiger partial charge in [-0.1, -0.05) is 42.5 Å². The predicted molar refractivity (Wildman–Crippen MR) is 100 cm³/mol. The molecule has 1 heterocycles. The van der Waals surface area contributed by atoms with Crippen molar-refractivity contribution in [1.29, 1.82) is 0 Å². The summed E-state index contributed by atoms with van der Waals surface area (Å²) < 4.78 is 0. The molecule has 0 aliphatic carbocycles. The van der Waals surface area contributed by atoms with E-state index < -0.39 is 0 Å². The normalized spacial score (nSPS) is 16.9. The Morgan fingerprint density at radius 1 is 1.08 bits per heavy atom. The van der Waals surface area contributed by atoms with Gasteiger partial charge in [0.2, 0.25) is 5.91 Å². The highest BCUT2D eigenvalue weighted by atomic mass is 16.3. The third-order valence-electron chi connectivity index (χ3n) is 4.85. The van der Waals surface area contributed by atoms with Gasteiger partial charge in [-0.05, 0) is 43.0 Å². The van der Waals surface area contributed by atoms with Gasteiger partial charge in [0, 0.05) is 37.3 Å². The minimum Gasteiger partial charge on any atom is -0.396 e. The minimum atomic E-state index is 0.112. The minimum absolute atomic E-state index is 0.112. The van der Waals surface area contributed by atoms with E-state index in [4.69, 9.17) is 0 Å². The van der Waals surface area contributed by atoms with Gasteiger partial charge in [-0.3, -0.25) is 4.79 Å². The Labute approximate surface area is 149 Å². The first-order valence-electron chi connectivity index (χ1n) is 9.01. The van der Waals surface area contributed by atoms with Crippen LogP contribution in [0.15, 0.2) is 54.6 Å². The smallest absolute Gasteiger partial charge is 0.227 e. The van der Waals surface area contributed by atoms with Crippen LogP contribution in [0.2, 0.25) is 0 Å². The van der Waals surface area contributed by atoms with Crippen molar-refractivity contribution in [3.63, 3.8) is 0 Å². The van der Waals surface area contributed by atoms with Crippen molar-refractivity contribution in [2.24, 2.45) is 0 Å². The molecule has 1 saturated heterocycles. The lowest BCUT2D eigenvalue weighted by Crippen LogP contribution is -2.26. The van der Waals surface area contributed by atoms with Gasteiger partial charge in [0.25, 0.3) is 0 Å². The molecule has 0 spiro atoms. The number of hydrogen-bond acceptors (Lipinski definition) is 3. The Balaban J connectivity index is 1.69. The summed E-state index contributed by atoms with van der Waals surface area (Å²) in [4.78, 5) is 13.7. The summed E-state index contributed by atoms with van der Waals surface area (Å²) in [7, 11) is 0. The Hall–Kier alpha value is -2.17. The summed E-state index contributed by atoms with van der Waals surface area (Å²) in [6, 6.07) is 18.7. The maximum absolute atomic E-state index is 11.9. The standard InChI is InChI=1S/C21H26N2O2/c1-16(22-20(13-15-24)18-6-3-2-4-7-18)17-9-11-19(12-10-17)23-14-5-8-21(23)25/h2-4,6-7,9-12,16,20,22,24H,5,8,13-15H2,1H3/t16?,20-/m1/s1. The molecule has 2 aromatic carbocycles. The fourth-order valence-corrected chi connectivity index (χ4v) is 3.42. The molecule has 1 unspecified atom stereocenters. The van der Waals surface area contributed by atoms with E-state index in [0.29, 0.717) is 12.8 Å². The quantitative estimate of drug-likeness (QED) is 0.811. The van der Waals surface area contributed by atoms with E-state index in [9.17, 15) is 9.90 Å². The highest BCUT2D eigenvalue weighted by Crippen LogP contribution is 2.26. The monoisotopic (exact) mass is 338 g/mol. The summed E-state index contributed by atoms with van der Waals surface area (Å²) in [5.41, 5.74) is 3.34. The first kappa shape index (κ1) is 17.6. The number of nitrogens with zero attached hydrogens (tertiary/aromatic N) is 1. The number of hydrogen-bond donors (Lipinski definition) is 2. The van der Waals surface area contributed by atoms with Crippen molar-refractivity contribution in [1.82, 2.24) is 5.32 Å². The molecule has 1 fully saturated rings. The summed E-state index contributed by atoms with van der Waals surface area (Å²) in [5.74, 6) is 0.214. The number of aliphatic hydroxyl groups excluding tert-OH is 1. The fourth-order valence-electron chi connectivity index (χ4n) is 3.42. The highest BCUT2D eigenvalue weighted by Gasteiger charge is 2.22. The lowest BCUT2D eigenvalue weighted by Gasteiger charge is -2.24. The molecule has 1 aliphatic heterocycles. The van der Waals surface area contributed by atoms with E-state index in [1.165, 1.54) is 11.1 Å². The topological polar surface area (TPSA) is 52.6 Å². The molecule has 4 heteroatoms. The number of nitrogens with one attached hydrogen (secondary N) is 1. The lowest BCUT2D eigenvalue weighted by atomic mass is 10.0. The second kappa shape index (κ2) is 8.28. The number of rotatable bonds is 7. The Bertz CT molecular complexity index is 685. The van der Waals surface area contributed by atoms with Crippen molar-refractivity contribution in [2.75, 3.05) is 18.1 Å². The van der Waals surface area contributed by atoms with Crippen molar-refractivity contribution < 1.29 is 9.90 Å². The fraction of sp³-hybridized carbons (Fsp3) is 0.381. The SMILES string of the molecule is CC(N[C@H](CCO)c1ccccc1)c1ccc(N2CCCC2=O)cc1. The molecular formula is C21H26N2O2. The molecule has 2 N–H and O–H groups in total. The number of benzene rings is 2. The summed E-state index contributed by atoms with van der Waals surface area (Å²) in [6.45, 7) is 3.09. The molecule has 3 rings (SSSR count). The van der Waals surface area contributed by atoms with Gasteiger partial charge in [-0.15, -0.1) is 0 Å². The molecular weight excluding hydrogens is 312 g/mol. The van der Waals surface area contributed by atoms with Crippen LogP contribution in [0.4, 0.5) is 5.69 Å². The van der Waals surface area contributed by atoms with Gasteiger partial charge < -0.3 is 15.3 Å².